The first-order chi connectivity index (χ1) is 4.26. The maximum absolute atomic E-state index is 10.2. The topological polar surface area (TPSA) is 40.9 Å². The first kappa shape index (κ1) is 8.16. The Balaban J connectivity index is 3.82. The molecule has 0 aromatic heterocycles. The first-order valence-electron chi connectivity index (χ1n) is 3.11. The number of aldehydes is 1. The van der Waals surface area contributed by atoms with E-state index in [9.17, 15) is 4.79 Å². The fourth-order valence-electron chi connectivity index (χ4n) is 0.663. The zero-order valence-corrected chi connectivity index (χ0v) is 5.79. The van der Waals surface area contributed by atoms with E-state index >= 15 is 0 Å². The van der Waals surface area contributed by atoms with E-state index in [1.807, 2.05) is 13.0 Å². The van der Waals surface area contributed by atoms with Crippen molar-refractivity contribution in [1.82, 2.24) is 0 Å². The molecule has 0 aliphatic carbocycles. The molecule has 2 unspecified atom stereocenters. The van der Waals surface area contributed by atoms with E-state index in [0.717, 1.165) is 12.7 Å². The molecule has 50 valence electrons. The Morgan fingerprint density at radius 1 is 1.78 bits per heavy atom. The van der Waals surface area contributed by atoms with E-state index < -0.39 is 0 Å². The van der Waals surface area contributed by atoms with Gasteiger partial charge in [-0.1, -0.05) is 6.92 Å². The summed E-state index contributed by atoms with van der Waals surface area (Å²) in [5.41, 5.74) is 0. The van der Waals surface area contributed by atoms with Gasteiger partial charge in [-0.3, -0.25) is 0 Å². The van der Waals surface area contributed by atoms with E-state index in [2.05, 4.69) is 0 Å². The van der Waals surface area contributed by atoms with Crippen LogP contribution in [0.15, 0.2) is 0 Å². The van der Waals surface area contributed by atoms with Crippen LogP contribution in [-0.2, 0) is 4.79 Å². The zero-order chi connectivity index (χ0) is 7.28. The predicted octanol–water partition coefficient (Wildman–Crippen LogP) is 1.37. The van der Waals surface area contributed by atoms with Crippen LogP contribution >= 0.6 is 0 Å². The van der Waals surface area contributed by atoms with Crippen LogP contribution in [0.3, 0.4) is 0 Å². The van der Waals surface area contributed by atoms with Gasteiger partial charge in [-0.2, -0.15) is 5.26 Å². The van der Waals surface area contributed by atoms with Crippen molar-refractivity contribution in [3.63, 3.8) is 0 Å². The van der Waals surface area contributed by atoms with Crippen molar-refractivity contribution in [1.29, 1.82) is 5.26 Å². The maximum atomic E-state index is 10.2. The second-order valence-corrected chi connectivity index (χ2v) is 2.13. The first-order valence-corrected chi connectivity index (χ1v) is 3.11. The highest BCUT2D eigenvalue weighted by Gasteiger charge is 2.12. The molecule has 0 bridgehead atoms. The number of carbonyl (C=O) groups excluding carboxylic acids is 1. The van der Waals surface area contributed by atoms with Crippen molar-refractivity contribution < 1.29 is 4.79 Å². The van der Waals surface area contributed by atoms with Crippen LogP contribution in [-0.4, -0.2) is 6.29 Å². The molecule has 0 fully saturated rings. The Labute approximate surface area is 55.5 Å². The summed E-state index contributed by atoms with van der Waals surface area (Å²) >= 11 is 0. The Morgan fingerprint density at radius 2 is 2.33 bits per heavy atom. The SMILES string of the molecule is CCC(C=O)C(C)C#N. The predicted molar refractivity (Wildman–Crippen MR) is 34.6 cm³/mol. The van der Waals surface area contributed by atoms with Crippen molar-refractivity contribution in [2.24, 2.45) is 11.8 Å². The van der Waals surface area contributed by atoms with E-state index in [1.54, 1.807) is 6.92 Å². The summed E-state index contributed by atoms with van der Waals surface area (Å²) in [6.45, 7) is 3.68. The van der Waals surface area contributed by atoms with Crippen molar-refractivity contribution >= 4 is 6.29 Å². The highest BCUT2D eigenvalue weighted by atomic mass is 16.1. The molecule has 2 nitrogen and oxygen atoms in total. The average molecular weight is 125 g/mol. The molecule has 0 radical (unpaired) electrons. The van der Waals surface area contributed by atoms with Crippen LogP contribution in [0.5, 0.6) is 0 Å². The van der Waals surface area contributed by atoms with Gasteiger partial charge >= 0.3 is 0 Å². The van der Waals surface area contributed by atoms with Gasteiger partial charge in [0.15, 0.2) is 0 Å². The minimum Gasteiger partial charge on any atom is -0.303 e. The average Bonchev–Trinajstić information content (AvgIpc) is 1.90. The van der Waals surface area contributed by atoms with Crippen LogP contribution in [0.2, 0.25) is 0 Å². The molecule has 0 aliphatic heterocycles. The molecule has 0 aliphatic rings. The standard InChI is InChI=1S/C7H11NO/c1-3-7(5-9)6(2)4-8/h5-7H,3H2,1-2H3. The third-order valence-corrected chi connectivity index (χ3v) is 1.49. The lowest BCUT2D eigenvalue weighted by atomic mass is 9.95. The molecule has 0 aromatic rings. The van der Waals surface area contributed by atoms with Crippen LogP contribution < -0.4 is 0 Å². The second-order valence-electron chi connectivity index (χ2n) is 2.13. The Bertz CT molecular complexity index is 125. The third-order valence-electron chi connectivity index (χ3n) is 1.49. The van der Waals surface area contributed by atoms with Gasteiger partial charge in [0.1, 0.15) is 6.29 Å². The number of nitriles is 1. The molecule has 0 aromatic carbocycles. The number of hydrogen-bond donors (Lipinski definition) is 0. The van der Waals surface area contributed by atoms with Crippen molar-refractivity contribution in [2.45, 2.75) is 20.3 Å². The molecule has 9 heavy (non-hydrogen) atoms. The molecule has 0 saturated carbocycles. The molecule has 0 N–H and O–H groups in total. The maximum Gasteiger partial charge on any atom is 0.124 e. The Hall–Kier alpha value is -0.840. The van der Waals surface area contributed by atoms with Crippen LogP contribution in [0.1, 0.15) is 20.3 Å². The van der Waals surface area contributed by atoms with Crippen molar-refractivity contribution in [3.8, 4) is 6.07 Å². The Kier molecular flexibility index (Phi) is 3.70. The monoisotopic (exact) mass is 125 g/mol. The number of rotatable bonds is 3. The number of hydrogen-bond acceptors (Lipinski definition) is 2. The van der Waals surface area contributed by atoms with Crippen LogP contribution in [0.4, 0.5) is 0 Å². The lowest BCUT2D eigenvalue weighted by Gasteiger charge is -2.06. The molecular weight excluding hydrogens is 114 g/mol. The number of carbonyl (C=O) groups is 1. The molecule has 0 saturated heterocycles. The minimum atomic E-state index is -0.132. The highest BCUT2D eigenvalue weighted by Crippen LogP contribution is 2.10. The lowest BCUT2D eigenvalue weighted by molar-refractivity contribution is -0.111. The van der Waals surface area contributed by atoms with Crippen molar-refractivity contribution in [3.05, 3.63) is 0 Å². The highest BCUT2D eigenvalue weighted by molar-refractivity contribution is 5.54. The van der Waals surface area contributed by atoms with Gasteiger partial charge in [0, 0.05) is 5.92 Å². The zero-order valence-electron chi connectivity index (χ0n) is 5.79. The minimum absolute atomic E-state index is 0.0741. The Morgan fingerprint density at radius 3 is 2.44 bits per heavy atom. The van der Waals surface area contributed by atoms with Gasteiger partial charge in [-0.15, -0.1) is 0 Å². The largest absolute Gasteiger partial charge is 0.303 e. The summed E-state index contributed by atoms with van der Waals surface area (Å²) in [6.07, 6.45) is 1.62. The molecule has 2 heteroatoms. The third kappa shape index (κ3) is 2.27. The van der Waals surface area contributed by atoms with E-state index in [-0.39, 0.29) is 11.8 Å². The second kappa shape index (κ2) is 4.08. The molecule has 0 heterocycles. The summed E-state index contributed by atoms with van der Waals surface area (Å²) in [5, 5.41) is 8.36. The van der Waals surface area contributed by atoms with Crippen LogP contribution in [0, 0.1) is 23.2 Å². The van der Waals surface area contributed by atoms with E-state index in [0.29, 0.717) is 0 Å². The normalized spacial score (nSPS) is 15.7. The molecule has 0 amide bonds. The molecule has 0 rings (SSSR count). The van der Waals surface area contributed by atoms with Crippen molar-refractivity contribution in [2.75, 3.05) is 0 Å². The fraction of sp³-hybridized carbons (Fsp3) is 0.714. The van der Waals surface area contributed by atoms with E-state index in [1.165, 1.54) is 0 Å². The number of nitrogens with zero attached hydrogens (tertiary/aromatic N) is 1. The lowest BCUT2D eigenvalue weighted by Crippen LogP contribution is -2.09. The summed E-state index contributed by atoms with van der Waals surface area (Å²) < 4.78 is 0. The summed E-state index contributed by atoms with van der Waals surface area (Å²) in [6, 6.07) is 2.04. The smallest absolute Gasteiger partial charge is 0.124 e. The molecule has 2 atom stereocenters. The fourth-order valence-corrected chi connectivity index (χ4v) is 0.663. The van der Waals surface area contributed by atoms with Gasteiger partial charge < -0.3 is 4.79 Å². The van der Waals surface area contributed by atoms with Gasteiger partial charge in [0.05, 0.1) is 12.0 Å². The van der Waals surface area contributed by atoms with E-state index in [4.69, 9.17) is 5.26 Å². The van der Waals surface area contributed by atoms with Gasteiger partial charge in [0.2, 0.25) is 0 Å². The summed E-state index contributed by atoms with van der Waals surface area (Å²) in [5.74, 6) is -0.206. The molecular formula is C7H11NO. The van der Waals surface area contributed by atoms with Crippen LogP contribution in [0.25, 0.3) is 0 Å². The molecule has 0 spiro atoms. The van der Waals surface area contributed by atoms with Gasteiger partial charge in [-0.05, 0) is 13.3 Å². The van der Waals surface area contributed by atoms with Gasteiger partial charge in [0.25, 0.3) is 0 Å². The van der Waals surface area contributed by atoms with Gasteiger partial charge in [-0.25, -0.2) is 0 Å². The quantitative estimate of drug-likeness (QED) is 0.534. The summed E-state index contributed by atoms with van der Waals surface area (Å²) in [7, 11) is 0. The summed E-state index contributed by atoms with van der Waals surface area (Å²) in [4.78, 5) is 10.2.